The summed E-state index contributed by atoms with van der Waals surface area (Å²) in [7, 11) is -1.03. The first kappa shape index (κ1) is 12.0. The normalized spacial score (nSPS) is 13.6. The molecule has 4 heteroatoms. The molecule has 0 aliphatic carbocycles. The van der Waals surface area contributed by atoms with Crippen molar-refractivity contribution in [3.63, 3.8) is 0 Å². The molecule has 0 unspecified atom stereocenters. The molecule has 0 amide bonds. The van der Waals surface area contributed by atoms with Gasteiger partial charge in [0.1, 0.15) is 0 Å². The fourth-order valence-corrected chi connectivity index (χ4v) is 17.2. The summed E-state index contributed by atoms with van der Waals surface area (Å²) in [4.78, 5) is 0. The number of halogens is 2. The van der Waals surface area contributed by atoms with Gasteiger partial charge in [0.15, 0.2) is 0 Å². The van der Waals surface area contributed by atoms with Crippen LogP contribution in [0.3, 0.4) is 0 Å². The summed E-state index contributed by atoms with van der Waals surface area (Å²) >= 11 is 12.5. The van der Waals surface area contributed by atoms with Crippen LogP contribution in [0.2, 0.25) is 31.4 Å². The first-order valence-corrected chi connectivity index (χ1v) is 12.3. The highest BCUT2D eigenvalue weighted by molar-refractivity contribution is 7.47. The Morgan fingerprint density at radius 1 is 1.09 bits per heavy atom. The average molecular weight is 229 g/mol. The summed E-state index contributed by atoms with van der Waals surface area (Å²) in [5.74, 6) is 0. The highest BCUT2D eigenvalue weighted by Gasteiger charge is 2.33. The molecule has 0 fully saturated rings. The molecule has 0 saturated heterocycles. The van der Waals surface area contributed by atoms with Crippen molar-refractivity contribution in [3.8, 4) is 0 Å². The average Bonchev–Trinajstić information content (AvgIpc) is 1.55. The lowest BCUT2D eigenvalue weighted by Gasteiger charge is -2.24. The van der Waals surface area contributed by atoms with Crippen molar-refractivity contribution in [2.75, 3.05) is 0 Å². The highest BCUT2D eigenvalue weighted by Crippen LogP contribution is 2.31. The predicted molar refractivity (Wildman–Crippen MR) is 60.7 cm³/mol. The van der Waals surface area contributed by atoms with Crippen LogP contribution in [0.25, 0.3) is 0 Å². The number of rotatable bonds is 4. The van der Waals surface area contributed by atoms with Crippen LogP contribution in [0.15, 0.2) is 0 Å². The number of hydrogen-bond acceptors (Lipinski definition) is 0. The summed E-state index contributed by atoms with van der Waals surface area (Å²) in [6.07, 6.45) is 1.13. The minimum atomic E-state index is -1.83. The quantitative estimate of drug-likeness (QED) is 0.501. The second kappa shape index (κ2) is 4.31. The van der Waals surface area contributed by atoms with Gasteiger partial charge in [-0.1, -0.05) is 33.0 Å². The standard InChI is InChI=1S/C7H18Cl2Si2/c1-5-6-11(8,9)7-10(2,3)4/h5-7H2,1-4H3. The lowest BCUT2D eigenvalue weighted by atomic mass is 10.6. The summed E-state index contributed by atoms with van der Waals surface area (Å²) in [6.45, 7) is 7.30. The smallest absolute Gasteiger partial charge is 0.146 e. The van der Waals surface area contributed by atoms with Gasteiger partial charge in [-0.25, -0.2) is 0 Å². The van der Waals surface area contributed by atoms with E-state index in [1.807, 2.05) is 0 Å². The van der Waals surface area contributed by atoms with Gasteiger partial charge in [-0.3, -0.25) is 0 Å². The summed E-state index contributed by atoms with van der Waals surface area (Å²) in [5, 5.41) is 0. The molecule has 0 N–H and O–H groups in total. The van der Waals surface area contributed by atoms with Gasteiger partial charge < -0.3 is 0 Å². The van der Waals surface area contributed by atoms with Crippen molar-refractivity contribution < 1.29 is 0 Å². The van der Waals surface area contributed by atoms with Crippen molar-refractivity contribution in [2.24, 2.45) is 0 Å². The van der Waals surface area contributed by atoms with Gasteiger partial charge >= 0.3 is 0 Å². The molecule has 0 aliphatic heterocycles. The van der Waals surface area contributed by atoms with Crippen molar-refractivity contribution in [1.29, 1.82) is 0 Å². The molecule has 0 heterocycles. The lowest BCUT2D eigenvalue weighted by molar-refractivity contribution is 1.06. The maximum absolute atomic E-state index is 6.26. The third kappa shape index (κ3) is 7.38. The van der Waals surface area contributed by atoms with E-state index in [2.05, 4.69) is 26.6 Å². The van der Waals surface area contributed by atoms with E-state index in [1.54, 1.807) is 0 Å². The largest absolute Gasteiger partial charge is 0.248 e. The third-order valence-electron chi connectivity index (χ3n) is 1.40. The third-order valence-corrected chi connectivity index (χ3v) is 12.5. The van der Waals surface area contributed by atoms with Crippen LogP contribution in [-0.4, -0.2) is 14.8 Å². The second-order valence-electron chi connectivity index (χ2n) is 4.34. The summed E-state index contributed by atoms with van der Waals surface area (Å²) in [5.41, 5.74) is 1.14. The second-order valence-corrected chi connectivity index (χ2v) is 18.0. The molecule has 0 spiro atoms. The van der Waals surface area contributed by atoms with Crippen LogP contribution in [0, 0.1) is 0 Å². The maximum Gasteiger partial charge on any atom is 0.248 e. The fraction of sp³-hybridized carbons (Fsp3) is 1.00. The SMILES string of the molecule is CCC[Si](Cl)(Cl)C[Si](C)(C)C. The van der Waals surface area contributed by atoms with Crippen molar-refractivity contribution in [3.05, 3.63) is 0 Å². The number of hydrogen-bond donors (Lipinski definition) is 0. The van der Waals surface area contributed by atoms with E-state index in [1.165, 1.54) is 0 Å². The van der Waals surface area contributed by atoms with Crippen LogP contribution in [0.1, 0.15) is 13.3 Å². The minimum Gasteiger partial charge on any atom is -0.146 e. The zero-order valence-corrected chi connectivity index (χ0v) is 11.4. The first-order valence-electron chi connectivity index (χ1n) is 4.15. The minimum absolute atomic E-state index is 1.03. The van der Waals surface area contributed by atoms with Crippen LogP contribution in [0.5, 0.6) is 0 Å². The van der Waals surface area contributed by atoms with Gasteiger partial charge in [-0.15, -0.1) is 22.2 Å². The Balaban J connectivity index is 3.91. The molecule has 0 radical (unpaired) electrons. The molecule has 0 nitrogen and oxygen atoms in total. The van der Waals surface area contributed by atoms with Crippen LogP contribution >= 0.6 is 22.2 Å². The van der Waals surface area contributed by atoms with E-state index in [0.29, 0.717) is 0 Å². The monoisotopic (exact) mass is 228 g/mol. The summed E-state index contributed by atoms with van der Waals surface area (Å²) < 4.78 is 0. The zero-order chi connectivity index (χ0) is 9.12. The molecular weight excluding hydrogens is 211 g/mol. The molecule has 0 rings (SSSR count). The summed E-state index contributed by atoms with van der Waals surface area (Å²) in [6, 6.07) is 1.06. The molecule has 11 heavy (non-hydrogen) atoms. The Hall–Kier alpha value is 1.01. The highest BCUT2D eigenvalue weighted by atomic mass is 35.7. The van der Waals surface area contributed by atoms with Gasteiger partial charge in [-0.2, -0.15) is 0 Å². The Bertz CT molecular complexity index is 118. The first-order chi connectivity index (χ1) is 4.77. The Morgan fingerprint density at radius 3 is 1.82 bits per heavy atom. The topological polar surface area (TPSA) is 0 Å². The molecule has 68 valence electrons. The molecule has 0 aromatic heterocycles. The molecular formula is C7H18Cl2Si2. The molecule has 0 atom stereocenters. The fourth-order valence-electron chi connectivity index (χ4n) is 1.23. The molecule has 0 aliphatic rings. The Morgan fingerprint density at radius 2 is 1.55 bits per heavy atom. The molecule has 0 aromatic rings. The van der Waals surface area contributed by atoms with Gasteiger partial charge in [0.05, 0.1) is 0 Å². The zero-order valence-electron chi connectivity index (χ0n) is 7.88. The lowest BCUT2D eigenvalue weighted by Crippen LogP contribution is -2.33. The molecule has 0 bridgehead atoms. The van der Waals surface area contributed by atoms with Gasteiger partial charge in [0.2, 0.25) is 6.69 Å². The van der Waals surface area contributed by atoms with Crippen LogP contribution < -0.4 is 0 Å². The predicted octanol–water partition coefficient (Wildman–Crippen LogP) is 4.19. The van der Waals surface area contributed by atoms with Crippen molar-refractivity contribution >= 4 is 36.9 Å². The van der Waals surface area contributed by atoms with Gasteiger partial charge in [-0.05, 0) is 11.7 Å². The maximum atomic E-state index is 6.26. The van der Waals surface area contributed by atoms with E-state index in [0.717, 1.165) is 18.1 Å². The van der Waals surface area contributed by atoms with Crippen LogP contribution in [0.4, 0.5) is 0 Å². The van der Waals surface area contributed by atoms with E-state index < -0.39 is 14.8 Å². The van der Waals surface area contributed by atoms with Gasteiger partial charge in [0, 0.05) is 8.07 Å². The van der Waals surface area contributed by atoms with E-state index in [-0.39, 0.29) is 0 Å². The van der Waals surface area contributed by atoms with Crippen molar-refractivity contribution in [1.82, 2.24) is 0 Å². The van der Waals surface area contributed by atoms with E-state index in [9.17, 15) is 0 Å². The Labute approximate surface area is 81.7 Å². The van der Waals surface area contributed by atoms with Crippen LogP contribution in [-0.2, 0) is 0 Å². The van der Waals surface area contributed by atoms with Crippen molar-refractivity contribution in [2.45, 2.75) is 44.7 Å². The van der Waals surface area contributed by atoms with Gasteiger partial charge in [0.25, 0.3) is 0 Å². The Kier molecular flexibility index (Phi) is 4.70. The molecule has 0 aromatic carbocycles. The van der Waals surface area contributed by atoms with E-state index >= 15 is 0 Å². The molecule has 0 saturated carbocycles. The van der Waals surface area contributed by atoms with E-state index in [4.69, 9.17) is 22.2 Å².